The van der Waals surface area contributed by atoms with Gasteiger partial charge in [-0.1, -0.05) is 6.92 Å². The molecule has 0 amide bonds. The number of aromatic nitrogens is 1. The van der Waals surface area contributed by atoms with Crippen LogP contribution in [0, 0.1) is 6.92 Å². The molecule has 15 heavy (non-hydrogen) atoms. The molecule has 3 heteroatoms. The molecule has 1 rings (SSSR count). The van der Waals surface area contributed by atoms with Crippen LogP contribution in [0.25, 0.3) is 0 Å². The number of hydrogen-bond donors (Lipinski definition) is 1. The average molecular weight is 208 g/mol. The van der Waals surface area contributed by atoms with Gasteiger partial charge in [0.2, 0.25) is 0 Å². The highest BCUT2D eigenvalue weighted by atomic mass is 16.5. The summed E-state index contributed by atoms with van der Waals surface area (Å²) in [7, 11) is 0. The predicted octanol–water partition coefficient (Wildman–Crippen LogP) is 2.07. The average Bonchev–Trinajstić information content (AvgIpc) is 2.22. The van der Waals surface area contributed by atoms with Crippen molar-refractivity contribution in [1.29, 1.82) is 0 Å². The van der Waals surface area contributed by atoms with Crippen LogP contribution in [0.15, 0.2) is 12.1 Å². The molecule has 1 atom stereocenters. The minimum absolute atomic E-state index is 0.165. The Kier molecular flexibility index (Phi) is 4.56. The second kappa shape index (κ2) is 5.71. The number of nitrogens with two attached hydrogens (primary N) is 1. The lowest BCUT2D eigenvalue weighted by Crippen LogP contribution is -2.22. The Labute approximate surface area is 91.7 Å². The molecule has 0 aliphatic heterocycles. The van der Waals surface area contributed by atoms with Crippen LogP contribution in [0.3, 0.4) is 0 Å². The number of hydrogen-bond acceptors (Lipinski definition) is 3. The first-order valence-corrected chi connectivity index (χ1v) is 5.52. The van der Waals surface area contributed by atoms with Gasteiger partial charge < -0.3 is 10.5 Å². The van der Waals surface area contributed by atoms with Crippen LogP contribution < -0.4 is 10.5 Å². The van der Waals surface area contributed by atoms with Crippen LogP contribution in [0.4, 0.5) is 0 Å². The molecular formula is C12H20N2O. The van der Waals surface area contributed by atoms with Gasteiger partial charge in [0.25, 0.3) is 0 Å². The molecule has 84 valence electrons. The van der Waals surface area contributed by atoms with E-state index in [0.717, 1.165) is 30.0 Å². The second-order valence-electron chi connectivity index (χ2n) is 3.70. The molecule has 0 spiro atoms. The van der Waals surface area contributed by atoms with E-state index in [4.69, 9.17) is 10.5 Å². The number of pyridine rings is 1. The van der Waals surface area contributed by atoms with Crippen LogP contribution in [0.1, 0.15) is 31.7 Å². The third-order valence-electron chi connectivity index (χ3n) is 2.35. The molecule has 3 nitrogen and oxygen atoms in total. The fourth-order valence-electron chi connectivity index (χ4n) is 1.42. The quantitative estimate of drug-likeness (QED) is 0.805. The third kappa shape index (κ3) is 3.51. The van der Waals surface area contributed by atoms with E-state index in [9.17, 15) is 0 Å². The van der Waals surface area contributed by atoms with E-state index in [1.807, 2.05) is 26.0 Å². The standard InChI is InChI=1S/C12H20N2O/c1-4-10(13)8-11-12(15-5-2)7-6-9(3)14-11/h6-7,10H,4-5,8,13H2,1-3H3. The van der Waals surface area contributed by atoms with E-state index in [1.54, 1.807) is 0 Å². The monoisotopic (exact) mass is 208 g/mol. The van der Waals surface area contributed by atoms with E-state index < -0.39 is 0 Å². The number of nitrogens with zero attached hydrogens (tertiary/aromatic N) is 1. The van der Waals surface area contributed by atoms with Crippen LogP contribution in [-0.4, -0.2) is 17.6 Å². The summed E-state index contributed by atoms with van der Waals surface area (Å²) in [5.41, 5.74) is 7.91. The smallest absolute Gasteiger partial charge is 0.140 e. The molecule has 1 unspecified atom stereocenters. The first-order chi connectivity index (χ1) is 7.17. The summed E-state index contributed by atoms with van der Waals surface area (Å²) in [4.78, 5) is 4.47. The molecule has 0 aliphatic carbocycles. The van der Waals surface area contributed by atoms with Crippen LogP contribution in [0.5, 0.6) is 5.75 Å². The minimum atomic E-state index is 0.165. The molecular weight excluding hydrogens is 188 g/mol. The topological polar surface area (TPSA) is 48.1 Å². The van der Waals surface area contributed by atoms with Crippen molar-refractivity contribution in [3.63, 3.8) is 0 Å². The molecule has 0 fully saturated rings. The lowest BCUT2D eigenvalue weighted by molar-refractivity contribution is 0.333. The Morgan fingerprint density at radius 1 is 1.40 bits per heavy atom. The minimum Gasteiger partial charge on any atom is -0.492 e. The van der Waals surface area contributed by atoms with Gasteiger partial charge in [-0.3, -0.25) is 4.98 Å². The fourth-order valence-corrected chi connectivity index (χ4v) is 1.42. The summed E-state index contributed by atoms with van der Waals surface area (Å²) < 4.78 is 5.52. The van der Waals surface area contributed by atoms with Gasteiger partial charge in [0.15, 0.2) is 0 Å². The third-order valence-corrected chi connectivity index (χ3v) is 2.35. The number of aryl methyl sites for hydroxylation is 1. The van der Waals surface area contributed by atoms with E-state index >= 15 is 0 Å². The van der Waals surface area contributed by atoms with Gasteiger partial charge in [0.05, 0.1) is 12.3 Å². The van der Waals surface area contributed by atoms with Crippen molar-refractivity contribution in [3.05, 3.63) is 23.5 Å². The van der Waals surface area contributed by atoms with Crippen molar-refractivity contribution in [2.75, 3.05) is 6.61 Å². The van der Waals surface area contributed by atoms with Gasteiger partial charge >= 0.3 is 0 Å². The van der Waals surface area contributed by atoms with Crippen LogP contribution in [0.2, 0.25) is 0 Å². The molecule has 0 saturated heterocycles. The Balaban J connectivity index is 2.86. The van der Waals surface area contributed by atoms with E-state index in [0.29, 0.717) is 6.61 Å². The maximum absolute atomic E-state index is 5.92. The summed E-state index contributed by atoms with van der Waals surface area (Å²) in [5.74, 6) is 0.868. The summed E-state index contributed by atoms with van der Waals surface area (Å²) in [6.45, 7) is 6.71. The summed E-state index contributed by atoms with van der Waals surface area (Å²) >= 11 is 0. The molecule has 0 aliphatic rings. The maximum Gasteiger partial charge on any atom is 0.140 e. The van der Waals surface area contributed by atoms with Crippen LogP contribution >= 0.6 is 0 Å². The van der Waals surface area contributed by atoms with Gasteiger partial charge in [0, 0.05) is 18.2 Å². The molecule has 0 radical (unpaired) electrons. The summed E-state index contributed by atoms with van der Waals surface area (Å²) in [6.07, 6.45) is 1.74. The molecule has 0 bridgehead atoms. The van der Waals surface area contributed by atoms with Gasteiger partial charge in [-0.05, 0) is 32.4 Å². The first kappa shape index (κ1) is 12.0. The van der Waals surface area contributed by atoms with E-state index in [-0.39, 0.29) is 6.04 Å². The van der Waals surface area contributed by atoms with Gasteiger partial charge in [0.1, 0.15) is 5.75 Å². The Morgan fingerprint density at radius 3 is 2.73 bits per heavy atom. The second-order valence-corrected chi connectivity index (χ2v) is 3.70. The highest BCUT2D eigenvalue weighted by molar-refractivity contribution is 5.29. The normalized spacial score (nSPS) is 12.5. The molecule has 2 N–H and O–H groups in total. The zero-order valence-corrected chi connectivity index (χ0v) is 9.79. The Bertz CT molecular complexity index is 312. The Hall–Kier alpha value is -1.09. The zero-order chi connectivity index (χ0) is 11.3. The van der Waals surface area contributed by atoms with Gasteiger partial charge in [-0.2, -0.15) is 0 Å². The summed E-state index contributed by atoms with van der Waals surface area (Å²) in [6, 6.07) is 4.11. The number of ether oxygens (including phenoxy) is 1. The van der Waals surface area contributed by atoms with E-state index in [1.165, 1.54) is 0 Å². The SMILES string of the molecule is CCOc1ccc(C)nc1CC(N)CC. The molecule has 0 aromatic carbocycles. The molecule has 1 aromatic heterocycles. The maximum atomic E-state index is 5.92. The molecule has 0 saturated carbocycles. The van der Waals surface area contributed by atoms with Crippen molar-refractivity contribution in [2.24, 2.45) is 5.73 Å². The van der Waals surface area contributed by atoms with Gasteiger partial charge in [-0.25, -0.2) is 0 Å². The van der Waals surface area contributed by atoms with Crippen molar-refractivity contribution >= 4 is 0 Å². The lowest BCUT2D eigenvalue weighted by atomic mass is 10.1. The predicted molar refractivity (Wildman–Crippen MR) is 62.1 cm³/mol. The zero-order valence-electron chi connectivity index (χ0n) is 9.79. The van der Waals surface area contributed by atoms with Crippen molar-refractivity contribution in [2.45, 2.75) is 39.7 Å². The van der Waals surface area contributed by atoms with Crippen molar-refractivity contribution < 1.29 is 4.74 Å². The Morgan fingerprint density at radius 2 is 2.13 bits per heavy atom. The number of rotatable bonds is 5. The first-order valence-electron chi connectivity index (χ1n) is 5.52. The fraction of sp³-hybridized carbons (Fsp3) is 0.583. The van der Waals surface area contributed by atoms with Crippen molar-refractivity contribution in [3.8, 4) is 5.75 Å². The molecule has 1 aromatic rings. The van der Waals surface area contributed by atoms with Crippen molar-refractivity contribution in [1.82, 2.24) is 4.98 Å². The van der Waals surface area contributed by atoms with Crippen LogP contribution in [-0.2, 0) is 6.42 Å². The highest BCUT2D eigenvalue weighted by Gasteiger charge is 2.09. The van der Waals surface area contributed by atoms with E-state index in [2.05, 4.69) is 11.9 Å². The van der Waals surface area contributed by atoms with Gasteiger partial charge in [-0.15, -0.1) is 0 Å². The summed E-state index contributed by atoms with van der Waals surface area (Å²) in [5, 5.41) is 0. The largest absolute Gasteiger partial charge is 0.492 e. The molecule has 1 heterocycles. The lowest BCUT2D eigenvalue weighted by Gasteiger charge is -2.13. The highest BCUT2D eigenvalue weighted by Crippen LogP contribution is 2.18.